The Hall–Kier alpha value is -4.07. The largest absolute Gasteiger partial charge is 0.491 e. The summed E-state index contributed by atoms with van der Waals surface area (Å²) in [7, 11) is 0. The summed E-state index contributed by atoms with van der Waals surface area (Å²) in [5.41, 5.74) is 0.391. The average Bonchev–Trinajstić information content (AvgIpc) is 3.68. The Balaban J connectivity index is 1.24. The van der Waals surface area contributed by atoms with E-state index < -0.39 is 23.3 Å². The molecule has 0 amide bonds. The number of anilines is 1. The summed E-state index contributed by atoms with van der Waals surface area (Å²) in [4.78, 5) is 14.0. The van der Waals surface area contributed by atoms with Crippen LogP contribution in [0.4, 0.5) is 19.0 Å². The lowest BCUT2D eigenvalue weighted by atomic mass is 9.93. The summed E-state index contributed by atoms with van der Waals surface area (Å²) in [5.74, 6) is 2.37. The third-order valence-corrected chi connectivity index (χ3v) is 10.7. The number of nitrogens with one attached hydrogen (secondary N) is 1. The minimum absolute atomic E-state index is 0.0145. The second kappa shape index (κ2) is 9.96. The summed E-state index contributed by atoms with van der Waals surface area (Å²) in [5, 5.41) is 5.34. The van der Waals surface area contributed by atoms with E-state index in [-0.39, 0.29) is 41.3 Å². The third-order valence-electron chi connectivity index (χ3n) is 10.7. The first-order valence-electron chi connectivity index (χ1n) is 15.8. The van der Waals surface area contributed by atoms with Gasteiger partial charge in [-0.1, -0.05) is 30.2 Å². The second-order valence-corrected chi connectivity index (χ2v) is 13.2. The number of hydrogen-bond donors (Lipinski definition) is 1. The lowest BCUT2D eigenvalue weighted by Gasteiger charge is -2.40. The highest BCUT2D eigenvalue weighted by Gasteiger charge is 2.50. The van der Waals surface area contributed by atoms with Crippen LogP contribution in [0.15, 0.2) is 36.4 Å². The van der Waals surface area contributed by atoms with Gasteiger partial charge in [0, 0.05) is 42.5 Å². The molecule has 1 N–H and O–H groups in total. The monoisotopic (exact) mass is 611 g/mol. The number of benzene rings is 3. The summed E-state index contributed by atoms with van der Waals surface area (Å²) in [6, 6.07) is 10.6. The number of nitrogens with zero attached hydrogens (tertiary/aromatic N) is 4. The lowest BCUT2D eigenvalue weighted by molar-refractivity contribution is 0.107. The average molecular weight is 612 g/mol. The SMILES string of the molecule is C#Cc1c(F)ccc2cccc(-c3cc4c5c(nc(OC[C@@]67CCCN6C[C@H](F)C7)nc5c3F)N3CC5CCC(N5)C3CO4)c12. The fraction of sp³-hybridized carbons (Fsp3) is 0.429. The van der Waals surface area contributed by atoms with Crippen molar-refractivity contribution in [1.29, 1.82) is 0 Å². The van der Waals surface area contributed by atoms with Crippen molar-refractivity contribution in [1.82, 2.24) is 20.2 Å². The Labute approximate surface area is 258 Å². The number of aromatic nitrogens is 2. The van der Waals surface area contributed by atoms with Gasteiger partial charge in [-0.3, -0.25) is 4.90 Å². The van der Waals surface area contributed by atoms with Crippen molar-refractivity contribution in [2.45, 2.75) is 61.9 Å². The molecule has 9 rings (SSSR count). The van der Waals surface area contributed by atoms with Gasteiger partial charge in [0.1, 0.15) is 42.3 Å². The molecule has 10 heteroatoms. The van der Waals surface area contributed by atoms with Gasteiger partial charge in [-0.2, -0.15) is 9.97 Å². The topological polar surface area (TPSA) is 62.8 Å². The van der Waals surface area contributed by atoms with Gasteiger partial charge in [-0.25, -0.2) is 13.2 Å². The Bertz CT molecular complexity index is 1930. The van der Waals surface area contributed by atoms with Crippen LogP contribution in [0.1, 0.15) is 37.7 Å². The van der Waals surface area contributed by atoms with E-state index in [1.807, 2.05) is 6.07 Å². The standard InChI is InChI=1S/C35H32F3N5O2/c1-2-22-25(37)9-7-19-5-3-6-23(29(19)22)24-13-28-30-32(31(24)38)40-34(45-18-35-11-4-12-42(35)15-20(36)14-35)41-33(30)43-16-21-8-10-26(39-21)27(43)17-44-28/h1,3,5-7,9,13,20-21,26-27,39H,4,8,10-12,14-18H2/t20-,21?,26?,27?,35+/m1/s1. The highest BCUT2D eigenvalue weighted by molar-refractivity contribution is 6.05. The molecule has 1 aromatic heterocycles. The maximum absolute atomic E-state index is 17.0. The summed E-state index contributed by atoms with van der Waals surface area (Å²) < 4.78 is 59.2. The van der Waals surface area contributed by atoms with Gasteiger partial charge in [0.2, 0.25) is 0 Å². The number of halogens is 3. The number of ether oxygens (including phenoxy) is 2. The molecule has 4 aromatic rings. The molecule has 230 valence electrons. The number of terminal acetylenes is 1. The molecule has 5 atom stereocenters. The molecule has 3 unspecified atom stereocenters. The highest BCUT2D eigenvalue weighted by Crippen LogP contribution is 2.46. The molecule has 2 bridgehead atoms. The minimum Gasteiger partial charge on any atom is -0.491 e. The minimum atomic E-state index is -0.897. The molecule has 0 aliphatic carbocycles. The Kier molecular flexibility index (Phi) is 6.04. The fourth-order valence-corrected chi connectivity index (χ4v) is 8.67. The number of piperazine rings is 1. The van der Waals surface area contributed by atoms with Crippen LogP contribution in [0.2, 0.25) is 0 Å². The van der Waals surface area contributed by atoms with Crippen molar-refractivity contribution in [2.75, 3.05) is 37.7 Å². The number of rotatable bonds is 4. The molecule has 5 aliphatic rings. The highest BCUT2D eigenvalue weighted by atomic mass is 19.1. The Morgan fingerprint density at radius 3 is 2.91 bits per heavy atom. The molecule has 0 spiro atoms. The molecule has 3 aromatic carbocycles. The first-order valence-corrected chi connectivity index (χ1v) is 15.8. The first kappa shape index (κ1) is 27.3. The van der Waals surface area contributed by atoms with Gasteiger partial charge in [0.05, 0.1) is 22.5 Å². The van der Waals surface area contributed by atoms with Gasteiger partial charge >= 0.3 is 6.01 Å². The van der Waals surface area contributed by atoms with Crippen molar-refractivity contribution in [3.63, 3.8) is 0 Å². The number of hydrogen-bond acceptors (Lipinski definition) is 7. The van der Waals surface area contributed by atoms with Crippen molar-refractivity contribution in [3.05, 3.63) is 53.6 Å². The Morgan fingerprint density at radius 1 is 1.11 bits per heavy atom. The zero-order valence-electron chi connectivity index (χ0n) is 24.7. The quantitative estimate of drug-likeness (QED) is 0.312. The van der Waals surface area contributed by atoms with E-state index in [1.165, 1.54) is 6.07 Å². The lowest BCUT2D eigenvalue weighted by Crippen LogP contribution is -2.60. The zero-order valence-corrected chi connectivity index (χ0v) is 24.7. The molecule has 4 saturated heterocycles. The smallest absolute Gasteiger partial charge is 0.319 e. The van der Waals surface area contributed by atoms with E-state index in [0.717, 1.165) is 32.2 Å². The van der Waals surface area contributed by atoms with Gasteiger partial charge < -0.3 is 19.7 Å². The zero-order chi connectivity index (χ0) is 30.4. The summed E-state index contributed by atoms with van der Waals surface area (Å²) >= 11 is 0. The van der Waals surface area contributed by atoms with Crippen LogP contribution in [-0.2, 0) is 0 Å². The van der Waals surface area contributed by atoms with Crippen LogP contribution in [0.3, 0.4) is 0 Å². The molecular formula is C35H32F3N5O2. The Morgan fingerprint density at radius 2 is 2.02 bits per heavy atom. The maximum atomic E-state index is 17.0. The molecule has 0 saturated carbocycles. The van der Waals surface area contributed by atoms with E-state index in [0.29, 0.717) is 65.4 Å². The number of fused-ring (bicyclic) bond motifs is 7. The van der Waals surface area contributed by atoms with E-state index in [9.17, 15) is 8.78 Å². The normalized spacial score (nSPS) is 28.5. The second-order valence-electron chi connectivity index (χ2n) is 13.2. The van der Waals surface area contributed by atoms with Gasteiger partial charge in [-0.15, -0.1) is 6.42 Å². The van der Waals surface area contributed by atoms with Crippen LogP contribution >= 0.6 is 0 Å². The molecular weight excluding hydrogens is 579 g/mol. The predicted molar refractivity (Wildman–Crippen MR) is 165 cm³/mol. The fourth-order valence-electron chi connectivity index (χ4n) is 8.67. The summed E-state index contributed by atoms with van der Waals surface area (Å²) in [6.07, 6.45) is 9.15. The van der Waals surface area contributed by atoms with Crippen molar-refractivity contribution < 1.29 is 22.6 Å². The van der Waals surface area contributed by atoms with E-state index in [4.69, 9.17) is 20.9 Å². The van der Waals surface area contributed by atoms with E-state index >= 15 is 4.39 Å². The van der Waals surface area contributed by atoms with Crippen LogP contribution < -0.4 is 19.7 Å². The summed E-state index contributed by atoms with van der Waals surface area (Å²) in [6.45, 7) is 2.56. The third kappa shape index (κ3) is 4.06. The van der Waals surface area contributed by atoms with Crippen molar-refractivity contribution >= 4 is 27.5 Å². The van der Waals surface area contributed by atoms with Gasteiger partial charge in [-0.05, 0) is 55.3 Å². The molecule has 6 heterocycles. The van der Waals surface area contributed by atoms with Gasteiger partial charge in [0.25, 0.3) is 0 Å². The molecule has 7 nitrogen and oxygen atoms in total. The van der Waals surface area contributed by atoms with E-state index in [2.05, 4.69) is 26.0 Å². The number of alkyl halides is 1. The molecule has 5 aliphatic heterocycles. The van der Waals surface area contributed by atoms with Crippen molar-refractivity contribution in [3.8, 4) is 35.2 Å². The molecule has 45 heavy (non-hydrogen) atoms. The first-order chi connectivity index (χ1) is 21.9. The predicted octanol–water partition coefficient (Wildman–Crippen LogP) is 5.37. The van der Waals surface area contributed by atoms with Crippen molar-refractivity contribution in [2.24, 2.45) is 0 Å². The van der Waals surface area contributed by atoms with Crippen LogP contribution in [0.5, 0.6) is 11.8 Å². The maximum Gasteiger partial charge on any atom is 0.319 e. The van der Waals surface area contributed by atoms with Crippen LogP contribution in [0, 0.1) is 24.0 Å². The van der Waals surface area contributed by atoms with E-state index in [1.54, 1.807) is 24.3 Å². The van der Waals surface area contributed by atoms with Crippen LogP contribution in [-0.4, -0.2) is 77.6 Å². The van der Waals surface area contributed by atoms with Crippen LogP contribution in [0.25, 0.3) is 32.8 Å². The van der Waals surface area contributed by atoms with Gasteiger partial charge in [0.15, 0.2) is 5.82 Å². The molecule has 0 radical (unpaired) electrons. The molecule has 4 fully saturated rings.